The van der Waals surface area contributed by atoms with E-state index in [1.807, 2.05) is 12.1 Å². The van der Waals surface area contributed by atoms with Crippen molar-refractivity contribution in [3.05, 3.63) is 82.8 Å². The molecule has 6 nitrogen and oxygen atoms in total. The number of hydrogen-bond donors (Lipinski definition) is 3. The molecule has 0 aliphatic rings. The van der Waals surface area contributed by atoms with Crippen molar-refractivity contribution < 1.29 is 4.43 Å². The average molecular weight is 419 g/mol. The van der Waals surface area contributed by atoms with Crippen molar-refractivity contribution in [3.8, 4) is 0 Å². The Bertz CT molecular complexity index is 1170. The molecule has 0 saturated carbocycles. The van der Waals surface area contributed by atoms with E-state index in [4.69, 9.17) is 10.2 Å². The second-order valence-electron chi connectivity index (χ2n) is 8.44. The van der Waals surface area contributed by atoms with Gasteiger partial charge in [0.1, 0.15) is 5.65 Å². The third-order valence-electron chi connectivity index (χ3n) is 5.50. The van der Waals surface area contributed by atoms with Gasteiger partial charge in [-0.05, 0) is 15.4 Å². The summed E-state index contributed by atoms with van der Waals surface area (Å²) in [5.74, 6) is 0.0915. The smallest absolute Gasteiger partial charge is 0.262 e. The number of aromatic nitrogens is 3. The number of nitrogens with two attached hydrogens (primary N) is 1. The van der Waals surface area contributed by atoms with Gasteiger partial charge in [-0.3, -0.25) is 9.78 Å². The second-order valence-corrected chi connectivity index (χ2v) is 12.7. The second kappa shape index (κ2) is 7.59. The summed E-state index contributed by atoms with van der Waals surface area (Å²) in [4.78, 5) is 22.3. The number of nitrogens with zero attached hydrogens (tertiary/aromatic N) is 1. The van der Waals surface area contributed by atoms with Crippen LogP contribution in [0.1, 0.15) is 26.3 Å². The van der Waals surface area contributed by atoms with Gasteiger partial charge in [0.15, 0.2) is 0 Å². The van der Waals surface area contributed by atoms with Crippen LogP contribution in [-0.4, -0.2) is 23.3 Å². The number of aromatic amines is 2. The lowest BCUT2D eigenvalue weighted by Crippen LogP contribution is -2.66. The number of nitrogens with one attached hydrogen (secondary N) is 2. The van der Waals surface area contributed by atoms with Gasteiger partial charge in [0.05, 0.1) is 12.0 Å². The lowest BCUT2D eigenvalue weighted by Gasteiger charge is -2.43. The summed E-state index contributed by atoms with van der Waals surface area (Å²) >= 11 is 0. The molecule has 2 heterocycles. The number of anilines is 1. The quantitative estimate of drug-likeness (QED) is 0.434. The molecule has 2 aromatic heterocycles. The van der Waals surface area contributed by atoms with E-state index in [-0.39, 0.29) is 16.5 Å². The first-order valence-corrected chi connectivity index (χ1v) is 11.8. The zero-order valence-corrected chi connectivity index (χ0v) is 18.4. The summed E-state index contributed by atoms with van der Waals surface area (Å²) in [6.45, 7) is 6.97. The molecule has 4 rings (SSSR count). The van der Waals surface area contributed by atoms with Crippen LogP contribution in [0, 0.1) is 0 Å². The molecule has 0 saturated heterocycles. The summed E-state index contributed by atoms with van der Waals surface area (Å²) in [6, 6.07) is 20.8. The molecule has 0 radical (unpaired) electrons. The van der Waals surface area contributed by atoms with Gasteiger partial charge in [-0.2, -0.15) is 4.98 Å². The van der Waals surface area contributed by atoms with Crippen LogP contribution in [0.3, 0.4) is 0 Å². The first kappa shape index (κ1) is 20.1. The van der Waals surface area contributed by atoms with Crippen molar-refractivity contribution in [1.29, 1.82) is 0 Å². The van der Waals surface area contributed by atoms with Gasteiger partial charge in [-0.1, -0.05) is 81.4 Å². The molecule has 0 aliphatic heterocycles. The fraction of sp³-hybridized carbons (Fsp3) is 0.217. The van der Waals surface area contributed by atoms with E-state index < -0.39 is 8.32 Å². The Morgan fingerprint density at radius 1 is 1.00 bits per heavy atom. The van der Waals surface area contributed by atoms with Crippen molar-refractivity contribution in [2.45, 2.75) is 32.4 Å². The van der Waals surface area contributed by atoms with Crippen molar-refractivity contribution in [2.24, 2.45) is 0 Å². The number of hydrogen-bond acceptors (Lipinski definition) is 4. The van der Waals surface area contributed by atoms with Crippen molar-refractivity contribution in [2.75, 3.05) is 5.73 Å². The Kier molecular flexibility index (Phi) is 5.09. The first-order valence-electron chi connectivity index (χ1n) is 9.94. The molecule has 0 spiro atoms. The predicted octanol–water partition coefficient (Wildman–Crippen LogP) is 2.91. The number of H-pyrrole nitrogens is 2. The third kappa shape index (κ3) is 3.36. The maximum absolute atomic E-state index is 12.5. The average Bonchev–Trinajstić information content (AvgIpc) is 3.12. The van der Waals surface area contributed by atoms with Crippen molar-refractivity contribution in [1.82, 2.24) is 15.0 Å². The van der Waals surface area contributed by atoms with Crippen LogP contribution in [-0.2, 0) is 11.0 Å². The van der Waals surface area contributed by atoms with Crippen LogP contribution in [0.5, 0.6) is 0 Å². The van der Waals surface area contributed by atoms with Crippen molar-refractivity contribution in [3.63, 3.8) is 0 Å². The molecule has 154 valence electrons. The van der Waals surface area contributed by atoms with E-state index >= 15 is 0 Å². The predicted molar refractivity (Wildman–Crippen MR) is 124 cm³/mol. The molecule has 0 unspecified atom stereocenters. The molecule has 4 aromatic rings. The van der Waals surface area contributed by atoms with Crippen LogP contribution in [0.15, 0.2) is 71.7 Å². The van der Waals surface area contributed by atoms with Crippen LogP contribution >= 0.6 is 0 Å². The summed E-state index contributed by atoms with van der Waals surface area (Å²) in [6.07, 6.45) is 1.78. The highest BCUT2D eigenvalue weighted by atomic mass is 28.4. The molecule has 0 amide bonds. The molecule has 7 heteroatoms. The molecule has 0 atom stereocenters. The topological polar surface area (TPSA) is 96.8 Å². The van der Waals surface area contributed by atoms with Gasteiger partial charge in [0.2, 0.25) is 5.95 Å². The monoisotopic (exact) mass is 418 g/mol. The van der Waals surface area contributed by atoms with Gasteiger partial charge in [0.25, 0.3) is 13.9 Å². The minimum atomic E-state index is -2.69. The van der Waals surface area contributed by atoms with E-state index in [2.05, 4.69) is 84.3 Å². The lowest BCUT2D eigenvalue weighted by atomic mass is 10.2. The highest BCUT2D eigenvalue weighted by molar-refractivity contribution is 6.99. The van der Waals surface area contributed by atoms with Crippen LogP contribution in [0.4, 0.5) is 5.95 Å². The van der Waals surface area contributed by atoms with Crippen LogP contribution in [0.25, 0.3) is 11.0 Å². The Morgan fingerprint density at radius 3 is 2.10 bits per heavy atom. The molecule has 4 N–H and O–H groups in total. The molecule has 2 aromatic carbocycles. The fourth-order valence-corrected chi connectivity index (χ4v) is 8.71. The number of fused-ring (bicyclic) bond motifs is 1. The van der Waals surface area contributed by atoms with Gasteiger partial charge in [-0.25, -0.2) is 0 Å². The fourth-order valence-electron chi connectivity index (χ4n) is 4.18. The minimum absolute atomic E-state index is 0.0915. The summed E-state index contributed by atoms with van der Waals surface area (Å²) in [7, 11) is -2.69. The van der Waals surface area contributed by atoms with E-state index in [1.165, 1.54) is 10.4 Å². The van der Waals surface area contributed by atoms with Crippen LogP contribution in [0.2, 0.25) is 5.04 Å². The molecule has 0 aliphatic carbocycles. The summed E-state index contributed by atoms with van der Waals surface area (Å²) < 4.78 is 6.91. The van der Waals surface area contributed by atoms with Crippen LogP contribution < -0.4 is 21.7 Å². The SMILES string of the molecule is CC(C)(C)[Si](OCc1c[nH]c2nc(N)[nH]c(=O)c12)(c1ccccc1)c1ccccc1. The van der Waals surface area contributed by atoms with E-state index in [9.17, 15) is 4.79 Å². The highest BCUT2D eigenvalue weighted by Crippen LogP contribution is 2.37. The minimum Gasteiger partial charge on any atom is -0.403 e. The van der Waals surface area contributed by atoms with Gasteiger partial charge >= 0.3 is 0 Å². The standard InChI is InChI=1S/C23H26N4O2Si/c1-23(2,3)30(17-10-6-4-7-11-17,18-12-8-5-9-13-18)29-15-16-14-25-20-19(16)21(28)27-22(24)26-20/h4-14H,15H2,1-3H3,(H4,24,25,26,27,28). The largest absolute Gasteiger partial charge is 0.403 e. The highest BCUT2D eigenvalue weighted by Gasteiger charge is 2.50. The third-order valence-corrected chi connectivity index (χ3v) is 10.5. The summed E-state index contributed by atoms with van der Waals surface area (Å²) in [5, 5.41) is 2.73. The molecule has 0 fully saturated rings. The van der Waals surface area contributed by atoms with E-state index in [0.717, 1.165) is 5.56 Å². The summed E-state index contributed by atoms with van der Waals surface area (Å²) in [5.41, 5.74) is 6.65. The number of rotatable bonds is 5. The maximum atomic E-state index is 12.5. The lowest BCUT2D eigenvalue weighted by molar-refractivity contribution is 0.287. The van der Waals surface area contributed by atoms with E-state index in [0.29, 0.717) is 17.6 Å². The molecular formula is C23H26N4O2Si. The van der Waals surface area contributed by atoms with Gasteiger partial charge in [-0.15, -0.1) is 0 Å². The maximum Gasteiger partial charge on any atom is 0.262 e. The number of nitrogen functional groups attached to an aromatic ring is 1. The molecule has 0 bridgehead atoms. The zero-order chi connectivity index (χ0) is 21.4. The van der Waals surface area contributed by atoms with E-state index in [1.54, 1.807) is 6.20 Å². The Hall–Kier alpha value is -3.16. The number of benzene rings is 2. The molecule has 30 heavy (non-hydrogen) atoms. The van der Waals surface area contributed by atoms with Gasteiger partial charge in [0, 0.05) is 11.8 Å². The Balaban J connectivity index is 1.85. The van der Waals surface area contributed by atoms with Gasteiger partial charge < -0.3 is 15.1 Å². The normalized spacial score (nSPS) is 12.4. The Morgan fingerprint density at radius 2 is 1.57 bits per heavy atom. The zero-order valence-electron chi connectivity index (χ0n) is 17.4. The Labute approximate surface area is 176 Å². The molecular weight excluding hydrogens is 392 g/mol. The first-order chi connectivity index (χ1) is 14.3. The van der Waals surface area contributed by atoms with Crippen molar-refractivity contribution >= 4 is 35.7 Å².